The summed E-state index contributed by atoms with van der Waals surface area (Å²) in [5, 5.41) is 17.6. The second-order valence-corrected chi connectivity index (χ2v) is 20.6. The lowest BCUT2D eigenvalue weighted by molar-refractivity contribution is -0.144. The van der Waals surface area contributed by atoms with Crippen LogP contribution in [-0.4, -0.2) is 138 Å². The van der Waals surface area contributed by atoms with Crippen molar-refractivity contribution < 1.29 is 38.4 Å². The molecule has 2 aliphatic heterocycles. The van der Waals surface area contributed by atoms with Crippen molar-refractivity contribution in [3.8, 4) is 32.1 Å². The Morgan fingerprint density at radius 3 is 2.33 bits per heavy atom. The number of thiophene rings is 1. The summed E-state index contributed by atoms with van der Waals surface area (Å²) in [6, 6.07) is 20.2. The van der Waals surface area contributed by atoms with Crippen molar-refractivity contribution in [2.45, 2.75) is 77.8 Å². The summed E-state index contributed by atoms with van der Waals surface area (Å²) in [5.74, 6) is -0.367. The van der Waals surface area contributed by atoms with E-state index in [1.54, 1.807) is 28.9 Å². The number of aliphatic hydroxyl groups excluding tert-OH is 1. The van der Waals surface area contributed by atoms with Gasteiger partial charge in [0.1, 0.15) is 29.3 Å². The predicted octanol–water partition coefficient (Wildman–Crippen LogP) is 6.87. The van der Waals surface area contributed by atoms with E-state index in [0.717, 1.165) is 78.9 Å². The average molecular weight is 991 g/mol. The zero-order valence-corrected chi connectivity index (χ0v) is 42.0. The lowest BCUT2D eigenvalue weighted by Crippen LogP contribution is -2.58. The van der Waals surface area contributed by atoms with Crippen LogP contribution in [0.1, 0.15) is 57.8 Å². The predicted molar refractivity (Wildman–Crippen MR) is 271 cm³/mol. The zero-order chi connectivity index (χ0) is 49.2. The van der Waals surface area contributed by atoms with Crippen LogP contribution >= 0.6 is 22.7 Å². The van der Waals surface area contributed by atoms with Gasteiger partial charge in [0, 0.05) is 66.0 Å². The number of carbonyl (C=O) groups is 3. The number of carbonyl (C=O) groups excluding carboxylic acids is 3. The Morgan fingerprint density at radius 1 is 0.871 bits per heavy atom. The molecule has 0 bridgehead atoms. The SMILES string of the molecule is Cc1ncsc1-c1ccc([C@H](C)NC(=O)[C@@H]2C[C@@H](O)CN2C(=O)[C@@H](NC(=O)COCCOCCOCCOC2CCN(c3ccc(-c4ccc5cc(-c6cccnc6)sc5n4)cn3)C2)C(C)(C)C)cc1. The Kier molecular flexibility index (Phi) is 17.0. The van der Waals surface area contributed by atoms with Crippen LogP contribution in [0.4, 0.5) is 5.82 Å². The number of likely N-dealkylation sites (tertiary alicyclic amines) is 1. The minimum absolute atomic E-state index is 0.0154. The molecule has 2 aliphatic rings. The van der Waals surface area contributed by atoms with Crippen LogP contribution in [-0.2, 0) is 33.3 Å². The van der Waals surface area contributed by atoms with E-state index < -0.39 is 35.4 Å². The third-order valence-electron chi connectivity index (χ3n) is 12.5. The van der Waals surface area contributed by atoms with Crippen molar-refractivity contribution in [1.82, 2.24) is 35.5 Å². The molecule has 6 aromatic rings. The summed E-state index contributed by atoms with van der Waals surface area (Å²) in [5.41, 5.74) is 6.98. The molecule has 5 atom stereocenters. The number of β-amino-alcohol motifs (C(OH)–C–C–N with tert-alkyl or cyclic N) is 1. The van der Waals surface area contributed by atoms with Gasteiger partial charge in [0.25, 0.3) is 0 Å². The van der Waals surface area contributed by atoms with Gasteiger partial charge in [-0.2, -0.15) is 0 Å². The maximum absolute atomic E-state index is 14.0. The second kappa shape index (κ2) is 23.5. The van der Waals surface area contributed by atoms with Gasteiger partial charge in [-0.3, -0.25) is 19.4 Å². The third-order valence-corrected chi connectivity index (χ3v) is 14.5. The lowest BCUT2D eigenvalue weighted by atomic mass is 9.85. The largest absolute Gasteiger partial charge is 0.391 e. The van der Waals surface area contributed by atoms with Gasteiger partial charge in [-0.15, -0.1) is 22.7 Å². The van der Waals surface area contributed by atoms with Crippen LogP contribution in [0, 0.1) is 12.3 Å². The molecule has 70 heavy (non-hydrogen) atoms. The topological polar surface area (TPSA) is 190 Å². The number of aryl methyl sites for hydroxylation is 1. The van der Waals surface area contributed by atoms with Gasteiger partial charge in [0.2, 0.25) is 17.7 Å². The van der Waals surface area contributed by atoms with Crippen LogP contribution in [0.15, 0.2) is 90.8 Å². The Balaban J connectivity index is 0.684. The van der Waals surface area contributed by atoms with Gasteiger partial charge in [0.15, 0.2) is 0 Å². The summed E-state index contributed by atoms with van der Waals surface area (Å²) in [6.07, 6.45) is 5.75. The quantitative estimate of drug-likeness (QED) is 0.0635. The number of aliphatic hydroxyl groups is 1. The second-order valence-electron chi connectivity index (χ2n) is 18.7. The van der Waals surface area contributed by atoms with Gasteiger partial charge in [0.05, 0.1) is 79.7 Å². The van der Waals surface area contributed by atoms with Gasteiger partial charge in [-0.1, -0.05) is 51.1 Å². The van der Waals surface area contributed by atoms with Gasteiger partial charge >= 0.3 is 0 Å². The maximum atomic E-state index is 14.0. The van der Waals surface area contributed by atoms with Crippen LogP contribution in [0.3, 0.4) is 0 Å². The number of thiazole rings is 1. The standard InChI is InChI=1S/C52H62N8O8S2/c1-33(35-8-10-36(11-9-35)47-34(2)55-32-69-47)56-49(63)43-26-40(61)29-60(43)51(64)48(52(3,4)5)58-46(62)31-67-22-21-65-19-20-66-23-24-68-41-16-18-59(30-41)45-15-13-38(28-54-45)42-14-12-37-25-44(70-50(37)57-42)39-7-6-17-53-27-39/h6-15,17,25,27-28,32-33,40-41,43,48,61H,16,18-24,26,29-31H2,1-5H3,(H,56,63)(H,58,62)/t33-,40+,41?,43-,48+/m0/s1. The number of nitrogens with one attached hydrogen (secondary N) is 2. The number of hydrogen-bond acceptors (Lipinski definition) is 15. The molecule has 7 heterocycles. The number of pyridine rings is 3. The average Bonchev–Trinajstić information content (AvgIpc) is 4.19. The Labute approximate surface area is 416 Å². The highest BCUT2D eigenvalue weighted by Gasteiger charge is 2.44. The molecule has 16 nitrogen and oxygen atoms in total. The smallest absolute Gasteiger partial charge is 0.246 e. The summed E-state index contributed by atoms with van der Waals surface area (Å²) in [6.45, 7) is 12.8. The van der Waals surface area contributed by atoms with E-state index in [0.29, 0.717) is 26.4 Å². The highest BCUT2D eigenvalue weighted by atomic mass is 32.1. The number of anilines is 1. The number of rotatable bonds is 21. The molecule has 3 amide bonds. The Morgan fingerprint density at radius 2 is 1.63 bits per heavy atom. The minimum Gasteiger partial charge on any atom is -0.391 e. The molecular formula is C52H62N8O8S2. The molecule has 3 N–H and O–H groups in total. The van der Waals surface area contributed by atoms with E-state index >= 15 is 0 Å². The Hall–Kier alpha value is -5.73. The van der Waals surface area contributed by atoms with Crippen LogP contribution < -0.4 is 15.5 Å². The van der Waals surface area contributed by atoms with Gasteiger partial charge in [-0.25, -0.2) is 15.0 Å². The maximum Gasteiger partial charge on any atom is 0.246 e. The number of aromatic nitrogens is 4. The number of nitrogens with zero attached hydrogens (tertiary/aromatic N) is 6. The summed E-state index contributed by atoms with van der Waals surface area (Å²) in [7, 11) is 0. The zero-order valence-electron chi connectivity index (χ0n) is 40.3. The first-order chi connectivity index (χ1) is 33.8. The fourth-order valence-electron chi connectivity index (χ4n) is 8.62. The third kappa shape index (κ3) is 13.0. The lowest BCUT2D eigenvalue weighted by Gasteiger charge is -2.35. The Bertz CT molecular complexity index is 2680. The molecule has 0 spiro atoms. The number of amides is 3. The van der Waals surface area contributed by atoms with Crippen LogP contribution in [0.25, 0.3) is 42.4 Å². The highest BCUT2D eigenvalue weighted by molar-refractivity contribution is 7.21. The summed E-state index contributed by atoms with van der Waals surface area (Å²) < 4.78 is 23.0. The first-order valence-electron chi connectivity index (χ1n) is 23.8. The normalized spacial score (nSPS) is 18.1. The van der Waals surface area contributed by atoms with E-state index in [-0.39, 0.29) is 50.8 Å². The molecule has 1 unspecified atom stereocenters. The molecule has 8 rings (SSSR count). The van der Waals surface area contributed by atoms with Crippen LogP contribution in [0.5, 0.6) is 0 Å². The van der Waals surface area contributed by atoms with E-state index in [9.17, 15) is 19.5 Å². The molecular weight excluding hydrogens is 929 g/mol. The summed E-state index contributed by atoms with van der Waals surface area (Å²) in [4.78, 5) is 65.8. The molecule has 18 heteroatoms. The van der Waals surface area contributed by atoms with E-state index in [1.165, 1.54) is 4.90 Å². The molecule has 2 saturated heterocycles. The first kappa shape index (κ1) is 50.7. The molecule has 0 radical (unpaired) electrons. The van der Waals surface area contributed by atoms with Crippen molar-refractivity contribution in [2.24, 2.45) is 5.41 Å². The molecule has 370 valence electrons. The van der Waals surface area contributed by atoms with E-state index in [4.69, 9.17) is 28.9 Å². The molecule has 0 aliphatic carbocycles. The van der Waals surface area contributed by atoms with E-state index in [1.807, 2.05) is 95.0 Å². The first-order valence-corrected chi connectivity index (χ1v) is 25.5. The van der Waals surface area contributed by atoms with Crippen LogP contribution in [0.2, 0.25) is 0 Å². The minimum atomic E-state index is -0.963. The van der Waals surface area contributed by atoms with Crippen molar-refractivity contribution in [2.75, 3.05) is 70.8 Å². The molecule has 0 saturated carbocycles. The highest BCUT2D eigenvalue weighted by Crippen LogP contribution is 2.34. The number of hydrogen-bond donors (Lipinski definition) is 3. The monoisotopic (exact) mass is 990 g/mol. The number of fused-ring (bicyclic) bond motifs is 1. The van der Waals surface area contributed by atoms with Gasteiger partial charge < -0.3 is 44.5 Å². The van der Waals surface area contributed by atoms with Crippen molar-refractivity contribution in [3.05, 3.63) is 102 Å². The van der Waals surface area contributed by atoms with Gasteiger partial charge in [-0.05, 0) is 73.2 Å². The fraction of sp³-hybridized carbons (Fsp3) is 0.442. The molecule has 5 aromatic heterocycles. The number of benzene rings is 1. The summed E-state index contributed by atoms with van der Waals surface area (Å²) >= 11 is 3.24. The van der Waals surface area contributed by atoms with Crippen molar-refractivity contribution in [1.29, 1.82) is 0 Å². The number of ether oxygens (including phenoxy) is 4. The molecule has 1 aromatic carbocycles. The fourth-order valence-corrected chi connectivity index (χ4v) is 10.5. The van der Waals surface area contributed by atoms with E-state index in [2.05, 4.69) is 49.8 Å². The molecule has 2 fully saturated rings. The van der Waals surface area contributed by atoms with Crippen molar-refractivity contribution in [3.63, 3.8) is 0 Å². The van der Waals surface area contributed by atoms with Crippen molar-refractivity contribution >= 4 is 56.4 Å².